The summed E-state index contributed by atoms with van der Waals surface area (Å²) in [5.41, 5.74) is 0.438. The molecule has 0 aliphatic carbocycles. The van der Waals surface area contributed by atoms with Gasteiger partial charge in [0.1, 0.15) is 16.3 Å². The van der Waals surface area contributed by atoms with Crippen LogP contribution in [-0.2, 0) is 9.53 Å². The van der Waals surface area contributed by atoms with E-state index in [-0.39, 0.29) is 5.91 Å². The van der Waals surface area contributed by atoms with Crippen molar-refractivity contribution in [1.29, 1.82) is 0 Å². The number of hydrogen-bond acceptors (Lipinski definition) is 6. The molecule has 0 unspecified atom stereocenters. The molecule has 0 radical (unpaired) electrons. The summed E-state index contributed by atoms with van der Waals surface area (Å²) in [5, 5.41) is 4.27. The molecule has 0 aliphatic rings. The molecular formula is C22H23NO4S2. The molecule has 3 rings (SSSR count). The Kier molecular flexibility index (Phi) is 7.55. The highest BCUT2D eigenvalue weighted by atomic mass is 32.2. The summed E-state index contributed by atoms with van der Waals surface area (Å²) in [6, 6.07) is 15.5. The number of carbonyl (C=O) groups is 2. The Bertz CT molecular complexity index is 982. The number of hydrogen-bond donors (Lipinski definition) is 1. The van der Waals surface area contributed by atoms with Crippen molar-refractivity contribution in [2.75, 3.05) is 24.8 Å². The summed E-state index contributed by atoms with van der Waals surface area (Å²) in [7, 11) is 1.64. The number of esters is 1. The SMILES string of the molecule is CCOC(=O)c1c(NC(=O)CCCSc2ccc(OC)cc2)sc2ccccc12. The van der Waals surface area contributed by atoms with Crippen LogP contribution in [0.25, 0.3) is 10.1 Å². The van der Waals surface area contributed by atoms with Gasteiger partial charge in [-0.1, -0.05) is 18.2 Å². The first-order valence-electron chi connectivity index (χ1n) is 9.37. The second-order valence-corrected chi connectivity index (χ2v) is 8.42. The van der Waals surface area contributed by atoms with Crippen LogP contribution < -0.4 is 10.1 Å². The van der Waals surface area contributed by atoms with E-state index in [1.165, 1.54) is 11.3 Å². The zero-order valence-electron chi connectivity index (χ0n) is 16.4. The number of ether oxygens (including phenoxy) is 2. The zero-order chi connectivity index (χ0) is 20.6. The second-order valence-electron chi connectivity index (χ2n) is 6.20. The lowest BCUT2D eigenvalue weighted by Crippen LogP contribution is -2.14. The van der Waals surface area contributed by atoms with E-state index in [0.29, 0.717) is 23.6 Å². The van der Waals surface area contributed by atoms with Crippen LogP contribution in [0.4, 0.5) is 5.00 Å². The second kappa shape index (κ2) is 10.3. The van der Waals surface area contributed by atoms with Crippen molar-refractivity contribution in [2.24, 2.45) is 0 Å². The van der Waals surface area contributed by atoms with Crippen LogP contribution in [-0.4, -0.2) is 31.3 Å². The van der Waals surface area contributed by atoms with Crippen LogP contribution in [0, 0.1) is 0 Å². The number of anilines is 1. The smallest absolute Gasteiger partial charge is 0.341 e. The number of amides is 1. The maximum absolute atomic E-state index is 12.4. The molecular weight excluding hydrogens is 406 g/mol. The minimum Gasteiger partial charge on any atom is -0.497 e. The zero-order valence-corrected chi connectivity index (χ0v) is 18.0. The Hall–Kier alpha value is -2.51. The fourth-order valence-corrected chi connectivity index (χ4v) is 4.78. The molecule has 0 atom stereocenters. The third kappa shape index (κ3) is 5.52. The fourth-order valence-electron chi connectivity index (χ4n) is 2.82. The highest BCUT2D eigenvalue weighted by Crippen LogP contribution is 2.36. The van der Waals surface area contributed by atoms with Gasteiger partial charge in [-0.3, -0.25) is 4.79 Å². The first kappa shape index (κ1) is 21.2. The molecule has 7 heteroatoms. The van der Waals surface area contributed by atoms with Gasteiger partial charge in [-0.2, -0.15) is 0 Å². The molecule has 2 aromatic carbocycles. The van der Waals surface area contributed by atoms with Gasteiger partial charge in [-0.05, 0) is 49.4 Å². The Morgan fingerprint density at radius 3 is 2.59 bits per heavy atom. The summed E-state index contributed by atoms with van der Waals surface area (Å²) < 4.78 is 11.3. The third-order valence-corrected chi connectivity index (χ3v) is 6.39. The standard InChI is InChI=1S/C22H23NO4S2/c1-3-27-22(25)20-17-7-4-5-8-18(17)29-21(20)23-19(24)9-6-14-28-16-12-10-15(26-2)11-13-16/h4-5,7-8,10-13H,3,6,9,14H2,1-2H3,(H,23,24). The first-order chi connectivity index (χ1) is 14.1. The highest BCUT2D eigenvalue weighted by Gasteiger charge is 2.21. The Morgan fingerprint density at radius 2 is 1.86 bits per heavy atom. The van der Waals surface area contributed by atoms with Crippen molar-refractivity contribution in [3.8, 4) is 5.75 Å². The van der Waals surface area contributed by atoms with E-state index in [4.69, 9.17) is 9.47 Å². The van der Waals surface area contributed by atoms with Crippen LogP contribution >= 0.6 is 23.1 Å². The van der Waals surface area contributed by atoms with Crippen molar-refractivity contribution in [3.63, 3.8) is 0 Å². The topological polar surface area (TPSA) is 64.6 Å². The molecule has 0 fully saturated rings. The van der Waals surface area contributed by atoms with Crippen molar-refractivity contribution in [3.05, 3.63) is 54.1 Å². The number of methoxy groups -OCH3 is 1. The van der Waals surface area contributed by atoms with Crippen LogP contribution in [0.1, 0.15) is 30.1 Å². The minimum atomic E-state index is -0.407. The lowest BCUT2D eigenvalue weighted by atomic mass is 10.1. The van der Waals surface area contributed by atoms with Gasteiger partial charge in [0.05, 0.1) is 13.7 Å². The summed E-state index contributed by atoms with van der Waals surface area (Å²) in [6.07, 6.45) is 1.13. The summed E-state index contributed by atoms with van der Waals surface area (Å²) in [4.78, 5) is 26.0. The Morgan fingerprint density at radius 1 is 1.10 bits per heavy atom. The van der Waals surface area contributed by atoms with Crippen molar-refractivity contribution < 1.29 is 19.1 Å². The average Bonchev–Trinajstić information content (AvgIpc) is 3.09. The number of benzene rings is 2. The number of nitrogens with one attached hydrogen (secondary N) is 1. The predicted octanol–water partition coefficient (Wildman–Crippen LogP) is 5.60. The predicted molar refractivity (Wildman–Crippen MR) is 119 cm³/mol. The van der Waals surface area contributed by atoms with Gasteiger partial charge in [0.15, 0.2) is 0 Å². The number of thiophene rings is 1. The van der Waals surface area contributed by atoms with Gasteiger partial charge in [0, 0.05) is 21.4 Å². The van der Waals surface area contributed by atoms with Gasteiger partial charge >= 0.3 is 5.97 Å². The van der Waals surface area contributed by atoms with Crippen LogP contribution in [0.3, 0.4) is 0 Å². The molecule has 1 N–H and O–H groups in total. The monoisotopic (exact) mass is 429 g/mol. The third-order valence-electron chi connectivity index (χ3n) is 4.20. The molecule has 1 heterocycles. The van der Waals surface area contributed by atoms with E-state index in [1.807, 2.05) is 48.5 Å². The van der Waals surface area contributed by atoms with E-state index >= 15 is 0 Å². The van der Waals surface area contributed by atoms with Crippen molar-refractivity contribution in [1.82, 2.24) is 0 Å². The Balaban J connectivity index is 1.57. The van der Waals surface area contributed by atoms with Crippen LogP contribution in [0.5, 0.6) is 5.75 Å². The van der Waals surface area contributed by atoms with Crippen molar-refractivity contribution >= 4 is 50.1 Å². The van der Waals surface area contributed by atoms with E-state index in [0.717, 1.165) is 32.9 Å². The molecule has 29 heavy (non-hydrogen) atoms. The Labute approximate surface area is 178 Å². The quantitative estimate of drug-likeness (QED) is 0.273. The molecule has 0 spiro atoms. The lowest BCUT2D eigenvalue weighted by Gasteiger charge is -2.07. The van der Waals surface area contributed by atoms with E-state index in [1.54, 1.807) is 25.8 Å². The van der Waals surface area contributed by atoms with Gasteiger partial charge in [-0.15, -0.1) is 23.1 Å². The average molecular weight is 430 g/mol. The van der Waals surface area contributed by atoms with E-state index < -0.39 is 5.97 Å². The molecule has 0 saturated heterocycles. The van der Waals surface area contributed by atoms with Crippen LogP contribution in [0.15, 0.2) is 53.4 Å². The molecule has 0 saturated carbocycles. The molecule has 0 bridgehead atoms. The summed E-state index contributed by atoms with van der Waals surface area (Å²) in [5.74, 6) is 1.15. The maximum atomic E-state index is 12.4. The summed E-state index contributed by atoms with van der Waals surface area (Å²) >= 11 is 3.10. The fraction of sp³-hybridized carbons (Fsp3) is 0.273. The van der Waals surface area contributed by atoms with Crippen LogP contribution in [0.2, 0.25) is 0 Å². The number of carbonyl (C=O) groups excluding carboxylic acids is 2. The number of thioether (sulfide) groups is 1. The molecule has 152 valence electrons. The number of rotatable bonds is 9. The lowest BCUT2D eigenvalue weighted by molar-refractivity contribution is -0.116. The largest absolute Gasteiger partial charge is 0.497 e. The van der Waals surface area contributed by atoms with Gasteiger partial charge in [0.25, 0.3) is 0 Å². The van der Waals surface area contributed by atoms with E-state index in [9.17, 15) is 9.59 Å². The summed E-state index contributed by atoms with van der Waals surface area (Å²) in [6.45, 7) is 2.06. The molecule has 5 nitrogen and oxygen atoms in total. The van der Waals surface area contributed by atoms with E-state index in [2.05, 4.69) is 5.32 Å². The van der Waals surface area contributed by atoms with Gasteiger partial charge < -0.3 is 14.8 Å². The first-order valence-corrected chi connectivity index (χ1v) is 11.2. The van der Waals surface area contributed by atoms with Gasteiger partial charge in [0.2, 0.25) is 5.91 Å². The normalized spacial score (nSPS) is 10.7. The molecule has 1 aromatic heterocycles. The maximum Gasteiger partial charge on any atom is 0.341 e. The number of fused-ring (bicyclic) bond motifs is 1. The van der Waals surface area contributed by atoms with Gasteiger partial charge in [-0.25, -0.2) is 4.79 Å². The minimum absolute atomic E-state index is 0.0996. The van der Waals surface area contributed by atoms with Crippen molar-refractivity contribution in [2.45, 2.75) is 24.7 Å². The highest BCUT2D eigenvalue weighted by molar-refractivity contribution is 7.99. The molecule has 1 amide bonds. The molecule has 0 aliphatic heterocycles. The molecule has 3 aromatic rings.